The molecule has 0 aliphatic heterocycles. The summed E-state index contributed by atoms with van der Waals surface area (Å²) >= 11 is 2.48. The van der Waals surface area contributed by atoms with E-state index in [4.69, 9.17) is 0 Å². The van der Waals surface area contributed by atoms with Gasteiger partial charge in [-0.1, -0.05) is 0 Å². The first kappa shape index (κ1) is 6.21. The molecule has 2 heteroatoms. The number of rotatable bonds is 1. The molecule has 0 atom stereocenters. The Morgan fingerprint density at radius 2 is 1.75 bits per heavy atom. The fraction of sp³-hybridized carbons (Fsp3) is 0. The third kappa shape index (κ3) is 1.55. The topological polar surface area (TPSA) is 0 Å². The molecular weight excluding hydrogens is 183 g/mol. The summed E-state index contributed by atoms with van der Waals surface area (Å²) in [7, 11) is 1.71. The zero-order valence-electron chi connectivity index (χ0n) is 4.24. The van der Waals surface area contributed by atoms with Crippen molar-refractivity contribution >= 4 is 25.1 Å². The van der Waals surface area contributed by atoms with E-state index in [0.717, 1.165) is 0 Å². The predicted octanol–water partition coefficient (Wildman–Crippen LogP) is 1.59. The van der Waals surface area contributed by atoms with Crippen molar-refractivity contribution in [2.45, 2.75) is 4.90 Å². The first-order valence-electron chi connectivity index (χ1n) is 2.30. The van der Waals surface area contributed by atoms with Crippen LogP contribution in [0, 0.1) is 0 Å². The second kappa shape index (κ2) is 3.18. The normalized spacial score (nSPS) is 9.12. The molecule has 0 aliphatic carbocycles. The van der Waals surface area contributed by atoms with Gasteiger partial charge < -0.3 is 0 Å². The van der Waals surface area contributed by atoms with Crippen molar-refractivity contribution in [2.75, 3.05) is 0 Å². The quantitative estimate of drug-likeness (QED) is 0.604. The molecule has 0 amide bonds. The molecule has 0 saturated carbocycles. The number of benzene rings is 1. The molecule has 1 aromatic rings. The maximum atomic E-state index is 2.48. The van der Waals surface area contributed by atoms with E-state index in [1.165, 1.54) is 4.90 Å². The first-order valence-corrected chi connectivity index (χ1v) is 5.37. The van der Waals surface area contributed by atoms with E-state index in [2.05, 4.69) is 27.0 Å². The van der Waals surface area contributed by atoms with Crippen LogP contribution < -0.4 is 0 Å². The summed E-state index contributed by atoms with van der Waals surface area (Å²) in [5.74, 6) is 0. The molecule has 0 radical (unpaired) electrons. The van der Waals surface area contributed by atoms with Crippen LogP contribution in [-0.2, 0) is 0 Å². The summed E-state index contributed by atoms with van der Waals surface area (Å²) in [5, 5.41) is 0. The molecule has 0 saturated heterocycles. The van der Waals surface area contributed by atoms with Gasteiger partial charge in [0.05, 0.1) is 0 Å². The zero-order chi connectivity index (χ0) is 5.82. The fourth-order valence-electron chi connectivity index (χ4n) is 0.481. The van der Waals surface area contributed by atoms with Gasteiger partial charge in [0.2, 0.25) is 0 Å². The van der Waals surface area contributed by atoms with Gasteiger partial charge in [-0.2, -0.15) is 0 Å². The average Bonchev–Trinajstić information content (AvgIpc) is 1.90. The van der Waals surface area contributed by atoms with Crippen LogP contribution in [0.4, 0.5) is 0 Å². The Morgan fingerprint density at radius 1 is 1.12 bits per heavy atom. The molecule has 0 N–H and O–H groups in total. The van der Waals surface area contributed by atoms with E-state index in [1.54, 1.807) is 10.2 Å². The van der Waals surface area contributed by atoms with Crippen LogP contribution in [-0.4, -0.2) is 14.9 Å². The maximum absolute atomic E-state index is 2.48. The molecular formula is C6H6SSe. The molecule has 1 aromatic carbocycles. The van der Waals surface area contributed by atoms with Gasteiger partial charge in [-0.05, 0) is 0 Å². The monoisotopic (exact) mass is 190 g/mol. The SMILES string of the molecule is [SeH]Sc1ccccc1. The average molecular weight is 189 g/mol. The van der Waals surface area contributed by atoms with E-state index in [1.807, 2.05) is 18.2 Å². The van der Waals surface area contributed by atoms with Crippen molar-refractivity contribution in [3.8, 4) is 0 Å². The number of hydrogen-bond donors (Lipinski definition) is 0. The Balaban J connectivity index is 2.83. The second-order valence-corrected chi connectivity index (χ2v) is 3.21. The Labute approximate surface area is 60.6 Å². The Bertz CT molecular complexity index is 150. The van der Waals surface area contributed by atoms with Gasteiger partial charge in [-0.15, -0.1) is 0 Å². The Kier molecular flexibility index (Phi) is 2.47. The van der Waals surface area contributed by atoms with Crippen LogP contribution >= 0.6 is 10.2 Å². The summed E-state index contributed by atoms with van der Waals surface area (Å²) in [6.45, 7) is 0. The van der Waals surface area contributed by atoms with Gasteiger partial charge in [-0.3, -0.25) is 0 Å². The van der Waals surface area contributed by atoms with Crippen molar-refractivity contribution < 1.29 is 0 Å². The summed E-state index contributed by atoms with van der Waals surface area (Å²) in [4.78, 5) is 1.30. The second-order valence-electron chi connectivity index (χ2n) is 1.40. The Morgan fingerprint density at radius 3 is 2.12 bits per heavy atom. The molecule has 0 spiro atoms. The van der Waals surface area contributed by atoms with Crippen LogP contribution in [0.2, 0.25) is 0 Å². The Hall–Kier alpha value is 0.0895. The number of hydrogen-bond acceptors (Lipinski definition) is 1. The van der Waals surface area contributed by atoms with Gasteiger partial charge in [0.15, 0.2) is 0 Å². The molecule has 0 bridgehead atoms. The van der Waals surface area contributed by atoms with Crippen molar-refractivity contribution in [1.82, 2.24) is 0 Å². The van der Waals surface area contributed by atoms with Crippen LogP contribution in [0.5, 0.6) is 0 Å². The van der Waals surface area contributed by atoms with Crippen molar-refractivity contribution in [3.05, 3.63) is 30.3 Å². The van der Waals surface area contributed by atoms with E-state index < -0.39 is 0 Å². The van der Waals surface area contributed by atoms with Gasteiger partial charge in [0, 0.05) is 0 Å². The summed E-state index contributed by atoms with van der Waals surface area (Å²) in [6.07, 6.45) is 0. The third-order valence-electron chi connectivity index (χ3n) is 0.849. The van der Waals surface area contributed by atoms with Gasteiger partial charge >= 0.3 is 60.3 Å². The van der Waals surface area contributed by atoms with Gasteiger partial charge in [0.25, 0.3) is 0 Å². The van der Waals surface area contributed by atoms with E-state index in [-0.39, 0.29) is 0 Å². The minimum absolute atomic E-state index is 1.30. The molecule has 42 valence electrons. The fourth-order valence-corrected chi connectivity index (χ4v) is 1.53. The molecule has 8 heavy (non-hydrogen) atoms. The predicted molar refractivity (Wildman–Crippen MR) is 39.4 cm³/mol. The molecule has 0 aromatic heterocycles. The molecule has 0 heterocycles. The molecule has 0 unspecified atom stereocenters. The van der Waals surface area contributed by atoms with Crippen LogP contribution in [0.1, 0.15) is 0 Å². The van der Waals surface area contributed by atoms with Crippen LogP contribution in [0.25, 0.3) is 0 Å². The van der Waals surface area contributed by atoms with E-state index in [0.29, 0.717) is 0 Å². The summed E-state index contributed by atoms with van der Waals surface area (Å²) in [6, 6.07) is 10.3. The minimum atomic E-state index is 1.30. The van der Waals surface area contributed by atoms with Crippen molar-refractivity contribution in [2.24, 2.45) is 0 Å². The van der Waals surface area contributed by atoms with E-state index >= 15 is 0 Å². The summed E-state index contributed by atoms with van der Waals surface area (Å²) < 4.78 is 0. The molecule has 1 rings (SSSR count). The van der Waals surface area contributed by atoms with Gasteiger partial charge in [0.1, 0.15) is 0 Å². The third-order valence-corrected chi connectivity index (χ3v) is 2.66. The van der Waals surface area contributed by atoms with Crippen LogP contribution in [0.15, 0.2) is 35.2 Å². The van der Waals surface area contributed by atoms with E-state index in [9.17, 15) is 0 Å². The van der Waals surface area contributed by atoms with Crippen molar-refractivity contribution in [3.63, 3.8) is 0 Å². The molecule has 0 fully saturated rings. The standard InChI is InChI=1S/C6H6SSe/c8-7-6-4-2-1-3-5-6/h1-5,8H. The van der Waals surface area contributed by atoms with Crippen molar-refractivity contribution in [1.29, 1.82) is 0 Å². The summed E-state index contributed by atoms with van der Waals surface area (Å²) in [5.41, 5.74) is 0. The zero-order valence-corrected chi connectivity index (χ0v) is 6.94. The first-order chi connectivity index (χ1) is 3.93. The molecule has 0 nitrogen and oxygen atoms in total. The molecule has 0 aliphatic rings. The van der Waals surface area contributed by atoms with Gasteiger partial charge in [-0.25, -0.2) is 0 Å². The van der Waals surface area contributed by atoms with Crippen LogP contribution in [0.3, 0.4) is 0 Å².